The number of nitrogens with one attached hydrogen (secondary N) is 6. The molecular formula is C33H37N11O7. The summed E-state index contributed by atoms with van der Waals surface area (Å²) in [4.78, 5) is 89.7. The van der Waals surface area contributed by atoms with Crippen molar-refractivity contribution in [1.82, 2.24) is 30.9 Å². The molecule has 51 heavy (non-hydrogen) atoms. The SMILES string of the molecule is NC(N)=NCCC[C@@H]1COc2ccc(NC(=O)c3ccc4[nH]c(=O)c(=O)[nH]c4c3)cc2C(=O)NC[C@@H](N)C(=O)N[C@H](Cc2cccnc2)C(=O)N1. The number of hydrogen-bond acceptors (Lipinski definition) is 10. The van der Waals surface area contributed by atoms with Crippen LogP contribution in [-0.2, 0) is 16.0 Å². The number of carbonyl (C=O) groups excluding carboxylic acids is 4. The van der Waals surface area contributed by atoms with E-state index in [4.69, 9.17) is 21.9 Å². The van der Waals surface area contributed by atoms with E-state index in [2.05, 4.69) is 41.2 Å². The first-order chi connectivity index (χ1) is 24.5. The van der Waals surface area contributed by atoms with Crippen LogP contribution in [0.1, 0.15) is 39.1 Å². The monoisotopic (exact) mass is 699 g/mol. The minimum Gasteiger partial charge on any atom is -0.491 e. The molecule has 0 spiro atoms. The van der Waals surface area contributed by atoms with E-state index in [-0.39, 0.29) is 60.2 Å². The Morgan fingerprint density at radius 3 is 2.49 bits per heavy atom. The quantitative estimate of drug-likeness (QED) is 0.0445. The zero-order valence-corrected chi connectivity index (χ0v) is 27.2. The van der Waals surface area contributed by atoms with Crippen molar-refractivity contribution in [3.05, 3.63) is 98.3 Å². The summed E-state index contributed by atoms with van der Waals surface area (Å²) in [5, 5.41) is 10.9. The molecule has 3 atom stereocenters. The van der Waals surface area contributed by atoms with Crippen LogP contribution in [0.2, 0.25) is 0 Å². The Kier molecular flexibility index (Phi) is 11.4. The lowest BCUT2D eigenvalue weighted by Crippen LogP contribution is -2.56. The number of H-pyrrole nitrogens is 2. The second kappa shape index (κ2) is 16.2. The highest BCUT2D eigenvalue weighted by atomic mass is 16.5. The van der Waals surface area contributed by atoms with E-state index in [9.17, 15) is 28.8 Å². The summed E-state index contributed by atoms with van der Waals surface area (Å²) in [6.07, 6.45) is 4.14. The smallest absolute Gasteiger partial charge is 0.314 e. The molecule has 2 aromatic carbocycles. The van der Waals surface area contributed by atoms with Crippen molar-refractivity contribution < 1.29 is 23.9 Å². The first kappa shape index (κ1) is 35.7. The molecule has 4 aromatic rings. The van der Waals surface area contributed by atoms with Crippen LogP contribution in [-0.4, -0.2) is 82.4 Å². The van der Waals surface area contributed by atoms with Crippen molar-refractivity contribution in [3.63, 3.8) is 0 Å². The summed E-state index contributed by atoms with van der Waals surface area (Å²) in [6.45, 7) is -0.0799. The lowest BCUT2D eigenvalue weighted by atomic mass is 10.0. The average Bonchev–Trinajstić information content (AvgIpc) is 3.11. The number of pyridine rings is 1. The average molecular weight is 700 g/mol. The molecule has 12 N–H and O–H groups in total. The van der Waals surface area contributed by atoms with Crippen LogP contribution < -0.4 is 54.3 Å². The molecule has 18 heteroatoms. The predicted octanol–water partition coefficient (Wildman–Crippen LogP) is -1.42. The summed E-state index contributed by atoms with van der Waals surface area (Å²) >= 11 is 0. The molecule has 0 aliphatic carbocycles. The highest BCUT2D eigenvalue weighted by molar-refractivity contribution is 6.07. The van der Waals surface area contributed by atoms with Crippen LogP contribution >= 0.6 is 0 Å². The van der Waals surface area contributed by atoms with Gasteiger partial charge in [0.05, 0.1) is 22.6 Å². The third-order valence-corrected chi connectivity index (χ3v) is 7.87. The number of aromatic amines is 2. The molecule has 5 rings (SSSR count). The first-order valence-electron chi connectivity index (χ1n) is 15.9. The van der Waals surface area contributed by atoms with Gasteiger partial charge in [-0.15, -0.1) is 0 Å². The molecule has 0 unspecified atom stereocenters. The van der Waals surface area contributed by atoms with Crippen LogP contribution in [0.5, 0.6) is 5.75 Å². The maximum absolute atomic E-state index is 13.6. The molecule has 266 valence electrons. The van der Waals surface area contributed by atoms with E-state index >= 15 is 0 Å². The van der Waals surface area contributed by atoms with Gasteiger partial charge in [0.25, 0.3) is 11.8 Å². The maximum Gasteiger partial charge on any atom is 0.314 e. The fourth-order valence-corrected chi connectivity index (χ4v) is 5.24. The van der Waals surface area contributed by atoms with Gasteiger partial charge >= 0.3 is 11.1 Å². The second-order valence-electron chi connectivity index (χ2n) is 11.7. The number of hydrogen-bond donors (Lipinski definition) is 9. The molecule has 0 fully saturated rings. The van der Waals surface area contributed by atoms with Gasteiger partial charge in [-0.25, -0.2) is 0 Å². The number of nitrogens with zero attached hydrogens (tertiary/aromatic N) is 2. The number of carbonyl (C=O) groups is 4. The van der Waals surface area contributed by atoms with Crippen molar-refractivity contribution in [1.29, 1.82) is 0 Å². The van der Waals surface area contributed by atoms with Gasteiger partial charge in [-0.1, -0.05) is 6.07 Å². The van der Waals surface area contributed by atoms with Gasteiger partial charge in [0, 0.05) is 43.2 Å². The topological polar surface area (TPSA) is 295 Å². The minimum atomic E-state index is -1.22. The highest BCUT2D eigenvalue weighted by Crippen LogP contribution is 2.25. The van der Waals surface area contributed by atoms with E-state index in [1.54, 1.807) is 24.5 Å². The Balaban J connectivity index is 1.40. The van der Waals surface area contributed by atoms with Crippen molar-refractivity contribution in [3.8, 4) is 5.75 Å². The number of amides is 4. The predicted molar refractivity (Wildman–Crippen MR) is 187 cm³/mol. The largest absolute Gasteiger partial charge is 0.491 e. The van der Waals surface area contributed by atoms with E-state index < -0.39 is 52.9 Å². The normalized spacial score (nSPS) is 18.2. The fourth-order valence-electron chi connectivity index (χ4n) is 5.24. The number of fused-ring (bicyclic) bond motifs is 2. The Morgan fingerprint density at radius 2 is 1.75 bits per heavy atom. The highest BCUT2D eigenvalue weighted by Gasteiger charge is 2.28. The molecule has 0 saturated heterocycles. The summed E-state index contributed by atoms with van der Waals surface area (Å²) in [5.41, 5.74) is 17.0. The number of nitrogens with two attached hydrogens (primary N) is 3. The summed E-state index contributed by atoms with van der Waals surface area (Å²) in [5.74, 6) is -2.32. The second-order valence-corrected chi connectivity index (χ2v) is 11.7. The molecule has 0 saturated carbocycles. The molecule has 3 heterocycles. The van der Waals surface area contributed by atoms with Gasteiger partial charge in [-0.3, -0.25) is 38.7 Å². The molecule has 2 aromatic heterocycles. The molecular weight excluding hydrogens is 662 g/mol. The zero-order valence-electron chi connectivity index (χ0n) is 27.2. The van der Waals surface area contributed by atoms with Gasteiger partial charge < -0.3 is 53.2 Å². The van der Waals surface area contributed by atoms with Crippen LogP contribution in [0.15, 0.2) is 75.5 Å². The minimum absolute atomic E-state index is 0.0120. The van der Waals surface area contributed by atoms with E-state index in [0.29, 0.717) is 23.9 Å². The Bertz CT molecular complexity index is 2080. The van der Waals surface area contributed by atoms with Gasteiger partial charge in [0.15, 0.2) is 5.96 Å². The Morgan fingerprint density at radius 1 is 0.961 bits per heavy atom. The summed E-state index contributed by atoms with van der Waals surface area (Å²) in [6, 6.07) is 9.34. The maximum atomic E-state index is 13.6. The molecule has 1 aliphatic rings. The molecule has 0 radical (unpaired) electrons. The van der Waals surface area contributed by atoms with E-state index in [1.165, 1.54) is 36.4 Å². The summed E-state index contributed by atoms with van der Waals surface area (Å²) in [7, 11) is 0. The van der Waals surface area contributed by atoms with Crippen LogP contribution in [0.25, 0.3) is 11.0 Å². The number of benzene rings is 2. The third kappa shape index (κ3) is 9.54. The molecule has 4 amide bonds. The lowest BCUT2D eigenvalue weighted by molar-refractivity contribution is -0.130. The Hall–Kier alpha value is -6.56. The van der Waals surface area contributed by atoms with E-state index in [1.807, 2.05) is 0 Å². The van der Waals surface area contributed by atoms with Crippen LogP contribution in [0.4, 0.5) is 5.69 Å². The number of rotatable bonds is 8. The zero-order chi connectivity index (χ0) is 36.5. The van der Waals surface area contributed by atoms with Crippen molar-refractivity contribution in [2.24, 2.45) is 22.2 Å². The van der Waals surface area contributed by atoms with Crippen LogP contribution in [0.3, 0.4) is 0 Å². The van der Waals surface area contributed by atoms with Gasteiger partial charge in [-0.05, 0) is 60.9 Å². The van der Waals surface area contributed by atoms with Crippen molar-refractivity contribution in [2.45, 2.75) is 37.4 Å². The van der Waals surface area contributed by atoms with Crippen molar-refractivity contribution >= 4 is 46.3 Å². The van der Waals surface area contributed by atoms with Gasteiger partial charge in [0.1, 0.15) is 24.4 Å². The molecule has 0 bridgehead atoms. The van der Waals surface area contributed by atoms with Crippen molar-refractivity contribution in [2.75, 3.05) is 25.0 Å². The standard InChI is InChI=1S/C33H37N11O7/c34-22-15-39-28(46)21-13-19(40-27(45)18-5-7-23-24(12-18)43-32(50)31(49)42-23)6-8-26(21)51-16-20(4-2-10-38-33(35)36)41-30(48)25(44-29(22)47)11-17-3-1-9-37-14-17/h1,3,5-9,12-14,20,22,25H,2,4,10-11,15-16,34H2,(H,39,46)(H,40,45)(H,41,48)(H,42,49)(H,43,50)(H,44,47)(H4,35,36,38)/t20-,22-,25-/m1/s1. The van der Waals surface area contributed by atoms with Gasteiger partial charge in [-0.2, -0.15) is 0 Å². The number of aliphatic imine (C=N–C) groups is 1. The van der Waals surface area contributed by atoms with Crippen LogP contribution in [0, 0.1) is 0 Å². The third-order valence-electron chi connectivity index (χ3n) is 7.87. The number of ether oxygens (including phenoxy) is 1. The fraction of sp³-hybridized carbons (Fsp3) is 0.273. The molecule has 18 nitrogen and oxygen atoms in total. The first-order valence-corrected chi connectivity index (χ1v) is 15.9. The van der Waals surface area contributed by atoms with E-state index in [0.717, 1.165) is 0 Å². The lowest BCUT2D eigenvalue weighted by Gasteiger charge is -2.26. The number of aromatic nitrogens is 3. The molecule has 1 aliphatic heterocycles. The Labute approximate surface area is 289 Å². The number of anilines is 1. The van der Waals surface area contributed by atoms with Gasteiger partial charge in [0.2, 0.25) is 11.8 Å². The number of guanidine groups is 1. The summed E-state index contributed by atoms with van der Waals surface area (Å²) < 4.78 is 6.09.